The minimum Gasteiger partial charge on any atom is -0.481 e. The molecular formula is C16H30N2O2. The zero-order chi connectivity index (χ0) is 14.4. The maximum atomic E-state index is 10.8. The van der Waals surface area contributed by atoms with Crippen molar-refractivity contribution in [3.63, 3.8) is 0 Å². The maximum Gasteiger partial charge on any atom is 0.304 e. The fourth-order valence-electron chi connectivity index (χ4n) is 3.90. The van der Waals surface area contributed by atoms with Gasteiger partial charge in [-0.15, -0.1) is 0 Å². The van der Waals surface area contributed by atoms with Crippen LogP contribution in [0.2, 0.25) is 0 Å². The van der Waals surface area contributed by atoms with E-state index >= 15 is 0 Å². The van der Waals surface area contributed by atoms with Crippen molar-refractivity contribution in [1.82, 2.24) is 10.2 Å². The fraction of sp³-hybridized carbons (Fsp3) is 0.938. The van der Waals surface area contributed by atoms with Crippen molar-refractivity contribution in [3.8, 4) is 0 Å². The normalized spacial score (nSPS) is 28.9. The molecule has 0 aromatic rings. The highest BCUT2D eigenvalue weighted by molar-refractivity contribution is 5.66. The number of nitrogens with zero attached hydrogens (tertiary/aromatic N) is 1. The molecule has 116 valence electrons. The van der Waals surface area contributed by atoms with Crippen molar-refractivity contribution in [2.75, 3.05) is 19.6 Å². The van der Waals surface area contributed by atoms with Crippen LogP contribution in [0.15, 0.2) is 0 Å². The van der Waals surface area contributed by atoms with E-state index in [1.807, 2.05) is 0 Å². The second kappa shape index (κ2) is 7.99. The van der Waals surface area contributed by atoms with Gasteiger partial charge in [0, 0.05) is 31.7 Å². The molecule has 0 aromatic carbocycles. The summed E-state index contributed by atoms with van der Waals surface area (Å²) >= 11 is 0. The Kier molecular flexibility index (Phi) is 6.30. The Labute approximate surface area is 122 Å². The van der Waals surface area contributed by atoms with Gasteiger partial charge in [0.2, 0.25) is 0 Å². The Morgan fingerprint density at radius 3 is 2.65 bits per heavy atom. The Balaban J connectivity index is 1.83. The highest BCUT2D eigenvalue weighted by Crippen LogP contribution is 2.24. The summed E-state index contributed by atoms with van der Waals surface area (Å²) < 4.78 is 0. The van der Waals surface area contributed by atoms with Crippen LogP contribution in [-0.4, -0.2) is 47.7 Å². The monoisotopic (exact) mass is 282 g/mol. The number of carbonyl (C=O) groups is 1. The topological polar surface area (TPSA) is 52.6 Å². The summed E-state index contributed by atoms with van der Waals surface area (Å²) in [6.07, 6.45) is 9.42. The summed E-state index contributed by atoms with van der Waals surface area (Å²) in [4.78, 5) is 13.1. The van der Waals surface area contributed by atoms with Crippen LogP contribution in [0, 0.1) is 5.92 Å². The van der Waals surface area contributed by atoms with Crippen LogP contribution in [0.1, 0.15) is 58.3 Å². The number of piperidine rings is 1. The van der Waals surface area contributed by atoms with Gasteiger partial charge in [-0.2, -0.15) is 0 Å². The molecule has 2 rings (SSSR count). The lowest BCUT2D eigenvalue weighted by Crippen LogP contribution is -2.51. The molecule has 0 spiro atoms. The van der Waals surface area contributed by atoms with Crippen molar-refractivity contribution in [1.29, 1.82) is 0 Å². The average molecular weight is 282 g/mol. The standard InChI is InChI=1S/C16H30N2O2/c1-2-5-13-10-15(17-14-6-3-4-7-14)12-18(11-13)9-8-16(19)20/h13-15,17H,2-12H2,1H3,(H,19,20). The van der Waals surface area contributed by atoms with Crippen LogP contribution in [0.3, 0.4) is 0 Å². The van der Waals surface area contributed by atoms with E-state index in [2.05, 4.69) is 17.1 Å². The van der Waals surface area contributed by atoms with Gasteiger partial charge in [0.15, 0.2) is 0 Å². The quantitative estimate of drug-likeness (QED) is 0.753. The molecule has 0 amide bonds. The van der Waals surface area contributed by atoms with Gasteiger partial charge in [-0.3, -0.25) is 4.79 Å². The number of hydrogen-bond donors (Lipinski definition) is 2. The van der Waals surface area contributed by atoms with Crippen LogP contribution in [0.25, 0.3) is 0 Å². The lowest BCUT2D eigenvalue weighted by molar-refractivity contribution is -0.137. The molecule has 1 heterocycles. The third kappa shape index (κ3) is 5.06. The summed E-state index contributed by atoms with van der Waals surface area (Å²) in [5.74, 6) is 0.0596. The third-order valence-electron chi connectivity index (χ3n) is 4.78. The molecule has 0 radical (unpaired) electrons. The zero-order valence-corrected chi connectivity index (χ0v) is 12.8. The molecule has 0 bridgehead atoms. The summed E-state index contributed by atoms with van der Waals surface area (Å²) in [6, 6.07) is 1.28. The lowest BCUT2D eigenvalue weighted by atomic mass is 9.90. The Morgan fingerprint density at radius 2 is 2.00 bits per heavy atom. The molecule has 2 N–H and O–H groups in total. The predicted octanol–water partition coefficient (Wildman–Crippen LogP) is 2.48. The summed E-state index contributed by atoms with van der Waals surface area (Å²) in [7, 11) is 0. The number of nitrogens with one attached hydrogen (secondary N) is 1. The molecule has 1 aliphatic heterocycles. The largest absolute Gasteiger partial charge is 0.481 e. The van der Waals surface area contributed by atoms with Gasteiger partial charge in [-0.1, -0.05) is 26.2 Å². The molecule has 2 fully saturated rings. The van der Waals surface area contributed by atoms with Crippen molar-refractivity contribution in [2.45, 2.75) is 70.4 Å². The van der Waals surface area contributed by atoms with Crippen molar-refractivity contribution < 1.29 is 9.90 Å². The van der Waals surface area contributed by atoms with E-state index in [0.29, 0.717) is 18.6 Å². The first kappa shape index (κ1) is 15.8. The molecular weight excluding hydrogens is 252 g/mol. The lowest BCUT2D eigenvalue weighted by Gasteiger charge is -2.39. The minimum atomic E-state index is -0.678. The summed E-state index contributed by atoms with van der Waals surface area (Å²) in [5, 5.41) is 12.7. The van der Waals surface area contributed by atoms with E-state index in [9.17, 15) is 4.79 Å². The predicted molar refractivity (Wildman–Crippen MR) is 80.9 cm³/mol. The number of hydrogen-bond acceptors (Lipinski definition) is 3. The van der Waals surface area contributed by atoms with E-state index in [-0.39, 0.29) is 6.42 Å². The molecule has 1 saturated heterocycles. The first-order chi connectivity index (χ1) is 9.67. The molecule has 20 heavy (non-hydrogen) atoms. The van der Waals surface area contributed by atoms with E-state index in [0.717, 1.165) is 19.0 Å². The second-order valence-electron chi connectivity index (χ2n) is 6.64. The number of carboxylic acid groups (broad SMARTS) is 1. The van der Waals surface area contributed by atoms with Gasteiger partial charge in [0.05, 0.1) is 6.42 Å². The Bertz CT molecular complexity index is 303. The first-order valence-electron chi connectivity index (χ1n) is 8.37. The van der Waals surface area contributed by atoms with Gasteiger partial charge >= 0.3 is 5.97 Å². The molecule has 2 atom stereocenters. The van der Waals surface area contributed by atoms with E-state index in [1.54, 1.807) is 0 Å². The van der Waals surface area contributed by atoms with Crippen LogP contribution in [0.5, 0.6) is 0 Å². The third-order valence-corrected chi connectivity index (χ3v) is 4.78. The molecule has 1 aliphatic carbocycles. The smallest absolute Gasteiger partial charge is 0.304 e. The van der Waals surface area contributed by atoms with Crippen molar-refractivity contribution in [3.05, 3.63) is 0 Å². The van der Waals surface area contributed by atoms with E-state index in [1.165, 1.54) is 44.9 Å². The zero-order valence-electron chi connectivity index (χ0n) is 12.8. The number of rotatable bonds is 7. The molecule has 2 unspecified atom stereocenters. The number of aliphatic carboxylic acids is 1. The van der Waals surface area contributed by atoms with Gasteiger partial charge < -0.3 is 15.3 Å². The molecule has 4 nitrogen and oxygen atoms in total. The van der Waals surface area contributed by atoms with Crippen molar-refractivity contribution in [2.24, 2.45) is 5.92 Å². The Hall–Kier alpha value is -0.610. The molecule has 2 aliphatic rings. The van der Waals surface area contributed by atoms with Crippen LogP contribution < -0.4 is 5.32 Å². The van der Waals surface area contributed by atoms with Gasteiger partial charge in [-0.05, 0) is 31.6 Å². The van der Waals surface area contributed by atoms with Gasteiger partial charge in [0.25, 0.3) is 0 Å². The summed E-state index contributed by atoms with van der Waals surface area (Å²) in [5.41, 5.74) is 0. The van der Waals surface area contributed by atoms with E-state index in [4.69, 9.17) is 5.11 Å². The summed E-state index contributed by atoms with van der Waals surface area (Å²) in [6.45, 7) is 5.07. The number of carboxylic acids is 1. The maximum absolute atomic E-state index is 10.8. The fourth-order valence-corrected chi connectivity index (χ4v) is 3.90. The van der Waals surface area contributed by atoms with Gasteiger partial charge in [-0.25, -0.2) is 0 Å². The highest BCUT2D eigenvalue weighted by Gasteiger charge is 2.28. The Morgan fingerprint density at radius 1 is 1.25 bits per heavy atom. The van der Waals surface area contributed by atoms with E-state index < -0.39 is 5.97 Å². The van der Waals surface area contributed by atoms with Crippen LogP contribution >= 0.6 is 0 Å². The molecule has 1 saturated carbocycles. The SMILES string of the molecule is CCCC1CC(NC2CCCC2)CN(CCC(=O)O)C1. The van der Waals surface area contributed by atoms with Crippen LogP contribution in [-0.2, 0) is 4.79 Å². The van der Waals surface area contributed by atoms with Crippen molar-refractivity contribution >= 4 is 5.97 Å². The average Bonchev–Trinajstić information content (AvgIpc) is 2.89. The number of likely N-dealkylation sites (tertiary alicyclic amines) is 1. The minimum absolute atomic E-state index is 0.273. The highest BCUT2D eigenvalue weighted by atomic mass is 16.4. The second-order valence-corrected chi connectivity index (χ2v) is 6.64. The van der Waals surface area contributed by atoms with Crippen LogP contribution in [0.4, 0.5) is 0 Å². The molecule has 0 aromatic heterocycles. The molecule has 4 heteroatoms. The first-order valence-corrected chi connectivity index (χ1v) is 8.37. The van der Waals surface area contributed by atoms with Gasteiger partial charge in [0.1, 0.15) is 0 Å².